The zero-order valence-electron chi connectivity index (χ0n) is 9.42. The van der Waals surface area contributed by atoms with E-state index in [0.717, 1.165) is 23.7 Å². The summed E-state index contributed by atoms with van der Waals surface area (Å²) < 4.78 is 5.75. The van der Waals surface area contributed by atoms with E-state index in [4.69, 9.17) is 4.74 Å². The third-order valence-corrected chi connectivity index (χ3v) is 5.20. The molecule has 2 saturated carbocycles. The van der Waals surface area contributed by atoms with E-state index >= 15 is 0 Å². The third-order valence-electron chi connectivity index (χ3n) is 5.20. The van der Waals surface area contributed by atoms with Gasteiger partial charge in [-0.15, -0.1) is 0 Å². The van der Waals surface area contributed by atoms with Crippen LogP contribution in [0.2, 0.25) is 0 Å². The van der Waals surface area contributed by atoms with E-state index in [1.54, 1.807) is 5.57 Å². The van der Waals surface area contributed by atoms with Gasteiger partial charge in [-0.2, -0.15) is 0 Å². The molecule has 5 atom stereocenters. The number of rotatable bonds is 1. The zero-order valence-corrected chi connectivity index (χ0v) is 9.42. The van der Waals surface area contributed by atoms with Crippen LogP contribution in [-0.2, 0) is 4.74 Å². The number of allylic oxidation sites excluding steroid dienone is 2. The molecule has 0 aliphatic heterocycles. The van der Waals surface area contributed by atoms with Crippen LogP contribution in [-0.4, -0.2) is 12.7 Å². The number of ether oxygens (including phenoxy) is 1. The fourth-order valence-electron chi connectivity index (χ4n) is 4.54. The normalized spacial score (nSPS) is 54.9. The second-order valence-corrected chi connectivity index (χ2v) is 5.70. The van der Waals surface area contributed by atoms with E-state index < -0.39 is 0 Å². The molecule has 1 heteroatoms. The molecule has 0 aromatic carbocycles. The van der Waals surface area contributed by atoms with Crippen molar-refractivity contribution in [2.75, 3.05) is 7.11 Å². The summed E-state index contributed by atoms with van der Waals surface area (Å²) in [5.74, 6) is 3.59. The van der Waals surface area contributed by atoms with Gasteiger partial charge in [-0.1, -0.05) is 11.6 Å². The molecule has 2 fully saturated rings. The maximum absolute atomic E-state index is 5.75. The molecule has 0 N–H and O–H groups in total. The molecule has 0 saturated heterocycles. The maximum atomic E-state index is 5.75. The standard InChI is InChI=1S/C13H20O/c1-8-4-5-10-11-6-9(12(8)10)7-13(11,2)14-3/h4,9-12H,5-7H2,1-3H3. The first-order valence-electron chi connectivity index (χ1n) is 5.87. The minimum Gasteiger partial charge on any atom is -0.378 e. The highest BCUT2D eigenvalue weighted by Gasteiger charge is 2.59. The summed E-state index contributed by atoms with van der Waals surface area (Å²) in [7, 11) is 1.89. The average molecular weight is 192 g/mol. The van der Waals surface area contributed by atoms with Crippen molar-refractivity contribution >= 4 is 0 Å². The Kier molecular flexibility index (Phi) is 1.69. The van der Waals surface area contributed by atoms with Crippen LogP contribution in [0.4, 0.5) is 0 Å². The molecule has 5 unspecified atom stereocenters. The van der Waals surface area contributed by atoms with Gasteiger partial charge in [-0.25, -0.2) is 0 Å². The summed E-state index contributed by atoms with van der Waals surface area (Å²) in [6.45, 7) is 4.65. The topological polar surface area (TPSA) is 9.23 Å². The highest BCUT2D eigenvalue weighted by Crippen LogP contribution is 2.63. The maximum Gasteiger partial charge on any atom is 0.0684 e. The lowest BCUT2D eigenvalue weighted by molar-refractivity contribution is -0.0632. The second-order valence-electron chi connectivity index (χ2n) is 5.70. The Morgan fingerprint density at radius 2 is 2.29 bits per heavy atom. The van der Waals surface area contributed by atoms with Gasteiger partial charge in [0.05, 0.1) is 5.60 Å². The average Bonchev–Trinajstić information content (AvgIpc) is 2.77. The van der Waals surface area contributed by atoms with Gasteiger partial charge in [0.15, 0.2) is 0 Å². The molecule has 1 nitrogen and oxygen atoms in total. The molecule has 78 valence electrons. The Bertz CT molecular complexity index is 294. The van der Waals surface area contributed by atoms with Gasteiger partial charge in [-0.05, 0) is 56.8 Å². The molecule has 0 aromatic rings. The minimum absolute atomic E-state index is 0.199. The zero-order chi connectivity index (χ0) is 9.92. The Labute approximate surface area is 86.5 Å². The largest absolute Gasteiger partial charge is 0.378 e. The van der Waals surface area contributed by atoms with Gasteiger partial charge < -0.3 is 4.74 Å². The highest BCUT2D eigenvalue weighted by molar-refractivity contribution is 5.23. The fraction of sp³-hybridized carbons (Fsp3) is 0.846. The van der Waals surface area contributed by atoms with Gasteiger partial charge in [0, 0.05) is 7.11 Å². The molecule has 0 aromatic heterocycles. The number of hydrogen-bond acceptors (Lipinski definition) is 1. The van der Waals surface area contributed by atoms with Crippen molar-refractivity contribution in [1.29, 1.82) is 0 Å². The van der Waals surface area contributed by atoms with Crippen molar-refractivity contribution in [2.24, 2.45) is 23.7 Å². The molecular formula is C13H20O. The first kappa shape index (κ1) is 8.96. The van der Waals surface area contributed by atoms with Gasteiger partial charge in [0.1, 0.15) is 0 Å². The van der Waals surface area contributed by atoms with Crippen LogP contribution in [0.25, 0.3) is 0 Å². The van der Waals surface area contributed by atoms with Gasteiger partial charge in [0.2, 0.25) is 0 Å². The van der Waals surface area contributed by atoms with Crippen LogP contribution < -0.4 is 0 Å². The Morgan fingerprint density at radius 1 is 1.50 bits per heavy atom. The quantitative estimate of drug-likeness (QED) is 0.580. The lowest BCUT2D eigenvalue weighted by atomic mass is 9.72. The van der Waals surface area contributed by atoms with Crippen molar-refractivity contribution in [1.82, 2.24) is 0 Å². The fourth-order valence-corrected chi connectivity index (χ4v) is 4.54. The lowest BCUT2D eigenvalue weighted by Crippen LogP contribution is -2.40. The monoisotopic (exact) mass is 192 g/mol. The number of fused-ring (bicyclic) bond motifs is 5. The predicted molar refractivity (Wildman–Crippen MR) is 57.0 cm³/mol. The Balaban J connectivity index is 1.91. The summed E-state index contributed by atoms with van der Waals surface area (Å²) >= 11 is 0. The molecule has 3 aliphatic rings. The number of hydrogen-bond donors (Lipinski definition) is 0. The van der Waals surface area contributed by atoms with Crippen molar-refractivity contribution in [2.45, 2.75) is 38.7 Å². The molecule has 0 amide bonds. The van der Waals surface area contributed by atoms with Crippen molar-refractivity contribution in [3.63, 3.8) is 0 Å². The molecule has 0 spiro atoms. The van der Waals surface area contributed by atoms with E-state index in [1.165, 1.54) is 19.3 Å². The summed E-state index contributed by atoms with van der Waals surface area (Å²) in [5.41, 5.74) is 1.87. The Morgan fingerprint density at radius 3 is 3.00 bits per heavy atom. The number of methoxy groups -OCH3 is 1. The molecule has 0 radical (unpaired) electrons. The first-order chi connectivity index (χ1) is 6.65. The van der Waals surface area contributed by atoms with Crippen LogP contribution in [0.15, 0.2) is 11.6 Å². The molecule has 3 aliphatic carbocycles. The summed E-state index contributed by atoms with van der Waals surface area (Å²) in [6.07, 6.45) is 6.50. The molecule has 14 heavy (non-hydrogen) atoms. The lowest BCUT2D eigenvalue weighted by Gasteiger charge is -2.39. The van der Waals surface area contributed by atoms with E-state index in [9.17, 15) is 0 Å². The predicted octanol–water partition coefficient (Wildman–Crippen LogP) is 3.01. The van der Waals surface area contributed by atoms with E-state index in [0.29, 0.717) is 0 Å². The van der Waals surface area contributed by atoms with Crippen LogP contribution in [0, 0.1) is 23.7 Å². The van der Waals surface area contributed by atoms with E-state index in [-0.39, 0.29) is 5.60 Å². The van der Waals surface area contributed by atoms with Crippen molar-refractivity contribution in [3.05, 3.63) is 11.6 Å². The van der Waals surface area contributed by atoms with Crippen molar-refractivity contribution in [3.8, 4) is 0 Å². The smallest absolute Gasteiger partial charge is 0.0684 e. The summed E-state index contributed by atoms with van der Waals surface area (Å²) in [5, 5.41) is 0. The molecule has 3 rings (SSSR count). The van der Waals surface area contributed by atoms with Gasteiger partial charge in [-0.3, -0.25) is 0 Å². The summed E-state index contributed by atoms with van der Waals surface area (Å²) in [4.78, 5) is 0. The van der Waals surface area contributed by atoms with E-state index in [2.05, 4.69) is 19.9 Å². The SMILES string of the molecule is COC1(C)CC2CC1C1CC=C(C)C21. The van der Waals surface area contributed by atoms with Crippen LogP contribution >= 0.6 is 0 Å². The van der Waals surface area contributed by atoms with Crippen LogP contribution in [0.5, 0.6) is 0 Å². The molecule has 0 heterocycles. The first-order valence-corrected chi connectivity index (χ1v) is 5.87. The van der Waals surface area contributed by atoms with Gasteiger partial charge >= 0.3 is 0 Å². The molecule has 2 bridgehead atoms. The minimum atomic E-state index is 0.199. The third kappa shape index (κ3) is 0.894. The second kappa shape index (κ2) is 2.63. The highest BCUT2D eigenvalue weighted by atomic mass is 16.5. The van der Waals surface area contributed by atoms with Crippen LogP contribution in [0.1, 0.15) is 33.1 Å². The summed E-state index contributed by atoms with van der Waals surface area (Å²) in [6, 6.07) is 0. The molecular weight excluding hydrogens is 172 g/mol. The van der Waals surface area contributed by atoms with Crippen molar-refractivity contribution < 1.29 is 4.74 Å². The van der Waals surface area contributed by atoms with Gasteiger partial charge in [0.25, 0.3) is 0 Å². The Hall–Kier alpha value is -0.300. The van der Waals surface area contributed by atoms with Crippen LogP contribution in [0.3, 0.4) is 0 Å². The van der Waals surface area contributed by atoms with E-state index in [1.807, 2.05) is 7.11 Å².